The average Bonchev–Trinajstić information content (AvgIpc) is 3.44. The first-order chi connectivity index (χ1) is 36.9. The summed E-state index contributed by atoms with van der Waals surface area (Å²) in [5.74, 6) is -1.47. The maximum atomic E-state index is 15.4. The van der Waals surface area contributed by atoms with Crippen molar-refractivity contribution in [2.24, 2.45) is 22.9 Å². The molecule has 2 N–H and O–H groups in total. The molecule has 406 valence electrons. The molecule has 0 bridgehead atoms. The first kappa shape index (κ1) is 55.9. The number of hydrogen-bond acceptors (Lipinski definition) is 10. The van der Waals surface area contributed by atoms with Gasteiger partial charge in [0.2, 0.25) is 12.1 Å². The van der Waals surface area contributed by atoms with E-state index in [1.807, 2.05) is 41.3 Å². The Hall–Kier alpha value is -5.27. The highest BCUT2D eigenvalue weighted by atomic mass is 19.1. The van der Waals surface area contributed by atoms with Gasteiger partial charge < -0.3 is 38.7 Å². The Labute approximate surface area is 445 Å². The molecule has 7 atom stereocenters. The topological polar surface area (TPSA) is 129 Å². The molecule has 2 aliphatic carbocycles. The second-order valence-corrected chi connectivity index (χ2v) is 21.1. The van der Waals surface area contributed by atoms with Gasteiger partial charge in [-0.05, 0) is 103 Å². The summed E-state index contributed by atoms with van der Waals surface area (Å²) in [6, 6.07) is 26.1. The zero-order valence-corrected chi connectivity index (χ0v) is 44.5. The fourth-order valence-corrected chi connectivity index (χ4v) is 12.2. The van der Waals surface area contributed by atoms with Gasteiger partial charge in [0.15, 0.2) is 0 Å². The van der Waals surface area contributed by atoms with Crippen LogP contribution in [0.1, 0.15) is 158 Å². The quantitative estimate of drug-likeness (QED) is 0.0298. The van der Waals surface area contributed by atoms with E-state index >= 15 is 4.79 Å². The smallest absolute Gasteiger partial charge is 0.410 e. The van der Waals surface area contributed by atoms with E-state index < -0.39 is 30.1 Å². The Bertz CT molecular complexity index is 2490. The van der Waals surface area contributed by atoms with Crippen LogP contribution in [0.4, 0.5) is 9.18 Å². The molecular formula is C63H83FN2O9. The molecule has 75 heavy (non-hydrogen) atoms. The predicted octanol–water partition coefficient (Wildman–Crippen LogP) is 14.3. The van der Waals surface area contributed by atoms with Crippen molar-refractivity contribution in [2.45, 2.75) is 173 Å². The van der Waals surface area contributed by atoms with Crippen molar-refractivity contribution in [3.8, 4) is 11.5 Å². The van der Waals surface area contributed by atoms with Crippen LogP contribution in [0.2, 0.25) is 0 Å². The van der Waals surface area contributed by atoms with Gasteiger partial charge >= 0.3 is 6.09 Å². The van der Waals surface area contributed by atoms with Crippen molar-refractivity contribution in [1.29, 1.82) is 0 Å². The summed E-state index contributed by atoms with van der Waals surface area (Å²) in [5, 5.41) is 27.4. The molecule has 12 heteroatoms. The first-order valence-corrected chi connectivity index (χ1v) is 28.5. The lowest BCUT2D eigenvalue weighted by Gasteiger charge is -2.60. The second kappa shape index (κ2) is 28.7. The molecular weight excluding hydrogens is 948 g/mol. The van der Waals surface area contributed by atoms with E-state index in [1.54, 1.807) is 24.3 Å². The van der Waals surface area contributed by atoms with Crippen LogP contribution in [0.25, 0.3) is 10.8 Å². The molecule has 7 unspecified atom stereocenters. The number of aliphatic hydroxyl groups is 2. The summed E-state index contributed by atoms with van der Waals surface area (Å²) >= 11 is 0. The van der Waals surface area contributed by atoms with Crippen LogP contribution in [0.5, 0.6) is 11.5 Å². The van der Waals surface area contributed by atoms with Gasteiger partial charge in [0, 0.05) is 43.1 Å². The summed E-state index contributed by atoms with van der Waals surface area (Å²) in [6.45, 7) is 7.75. The maximum Gasteiger partial charge on any atom is 0.410 e. The van der Waals surface area contributed by atoms with Crippen molar-refractivity contribution in [3.05, 3.63) is 132 Å². The summed E-state index contributed by atoms with van der Waals surface area (Å²) in [6.07, 6.45) is 22.0. The predicted molar refractivity (Wildman–Crippen MR) is 293 cm³/mol. The third-order valence-corrected chi connectivity index (χ3v) is 16.0. The molecule has 2 fully saturated rings. The van der Waals surface area contributed by atoms with Crippen LogP contribution >= 0.6 is 0 Å². The number of hydrogen-bond donors (Lipinski definition) is 2. The van der Waals surface area contributed by atoms with E-state index in [0.717, 1.165) is 85.3 Å². The molecule has 1 saturated heterocycles. The van der Waals surface area contributed by atoms with Crippen LogP contribution < -0.4 is 9.47 Å². The number of benzene rings is 4. The van der Waals surface area contributed by atoms with Crippen LogP contribution in [0, 0.1) is 23.6 Å². The molecule has 4 aromatic rings. The monoisotopic (exact) mass is 1030 g/mol. The van der Waals surface area contributed by atoms with E-state index in [0.29, 0.717) is 48.6 Å². The van der Waals surface area contributed by atoms with Crippen molar-refractivity contribution in [1.82, 2.24) is 4.90 Å². The highest BCUT2D eigenvalue weighted by molar-refractivity contribution is 6.03. The summed E-state index contributed by atoms with van der Waals surface area (Å²) in [5.41, 5.74) is 3.93. The van der Waals surface area contributed by atoms with Crippen molar-refractivity contribution < 1.29 is 47.9 Å². The molecule has 4 aromatic carbocycles. The fraction of sp³-hybridized carbons (Fsp3) is 0.556. The molecule has 0 radical (unpaired) electrons. The zero-order chi connectivity index (χ0) is 52.2. The lowest BCUT2D eigenvalue weighted by atomic mass is 9.55. The summed E-state index contributed by atoms with van der Waals surface area (Å²) < 4.78 is 48.8. The average molecular weight is 1030 g/mol. The molecule has 2 aliphatic heterocycles. The lowest BCUT2D eigenvalue weighted by Crippen LogP contribution is -2.70. The summed E-state index contributed by atoms with van der Waals surface area (Å²) in [4.78, 5) is 23.6. The van der Waals surface area contributed by atoms with Gasteiger partial charge in [-0.1, -0.05) is 156 Å². The summed E-state index contributed by atoms with van der Waals surface area (Å²) in [7, 11) is 0. The molecule has 8 rings (SSSR count). The largest absolute Gasteiger partial charge is 0.489 e. The molecule has 1 amide bonds. The minimum atomic E-state index is -1.50. The van der Waals surface area contributed by atoms with Crippen LogP contribution in [0.3, 0.4) is 0 Å². The van der Waals surface area contributed by atoms with E-state index in [-0.39, 0.29) is 69.6 Å². The lowest BCUT2D eigenvalue weighted by molar-refractivity contribution is -0.256. The third-order valence-electron chi connectivity index (χ3n) is 16.0. The number of carbonyl (C=O) groups is 1. The number of fused-ring (bicyclic) bond motifs is 3. The highest BCUT2D eigenvalue weighted by Gasteiger charge is 2.66. The van der Waals surface area contributed by atoms with Gasteiger partial charge in [-0.25, -0.2) is 9.18 Å². The number of ether oxygens (including phenoxy) is 5. The molecule has 2 heterocycles. The molecule has 4 aliphatic rings. The number of halogens is 1. The minimum Gasteiger partial charge on any atom is -0.489 e. The van der Waals surface area contributed by atoms with Gasteiger partial charge in [0.25, 0.3) is 0 Å². The standard InChI is InChI=1S/C63H83FN2O9/c1-3-5-6-7-8-9-10-11-12-22-40-71-62(69)66(44-48-29-24-28-46-25-13-15-30-51(46)48)58-43-56(65-75-59-33-19-23-39-70-59)53-41-47(26-17-20-36-67)52(31-18-21-37-68)60-54-42-50(72-45-49-27-14-16-32-55(49)64)34-35-57(54)74-63(58,61(53)60)73-38-4-2/h4,13-16,24-25,27-30,32,34-35,41-42,47,52,58-61,67-68H,2-3,5-12,17-23,26,31,33,36-40,43-45H2,1H3. The number of nitrogens with zero attached hydrogens (tertiary/aromatic N) is 2. The molecule has 0 aromatic heterocycles. The Kier molecular flexibility index (Phi) is 21.4. The van der Waals surface area contributed by atoms with E-state index in [4.69, 9.17) is 33.7 Å². The van der Waals surface area contributed by atoms with Crippen LogP contribution in [-0.2, 0) is 32.2 Å². The van der Waals surface area contributed by atoms with Crippen molar-refractivity contribution >= 4 is 22.6 Å². The van der Waals surface area contributed by atoms with E-state index in [1.165, 1.54) is 51.0 Å². The number of oxime groups is 1. The number of allylic oxidation sites excluding steroid dienone is 1. The SMILES string of the molecule is C=CCOC12Oc3ccc(OCc4ccccc4F)cc3C3C(CCCCO)C(CCCCO)C=C(C(=NOC4CCCCO4)CC1N(Cc1cccc4ccccc14)C(=O)OCCCCCCCCCCCC)C32. The minimum absolute atomic E-state index is 0.00225. The van der Waals surface area contributed by atoms with Crippen molar-refractivity contribution in [3.63, 3.8) is 0 Å². The maximum absolute atomic E-state index is 15.4. The first-order valence-electron chi connectivity index (χ1n) is 28.5. The van der Waals surface area contributed by atoms with Gasteiger partial charge in [-0.15, -0.1) is 6.58 Å². The number of unbranched alkanes of at least 4 members (excludes halogenated alkanes) is 11. The number of rotatable bonds is 30. The molecule has 1 saturated carbocycles. The Balaban J connectivity index is 1.24. The van der Waals surface area contributed by atoms with Crippen LogP contribution in [0.15, 0.2) is 114 Å². The highest BCUT2D eigenvalue weighted by Crippen LogP contribution is 2.62. The van der Waals surface area contributed by atoms with E-state index in [2.05, 4.69) is 43.8 Å². The van der Waals surface area contributed by atoms with Gasteiger partial charge in [0.05, 0.1) is 38.0 Å². The molecule has 0 spiro atoms. The van der Waals surface area contributed by atoms with Crippen molar-refractivity contribution in [2.75, 3.05) is 33.0 Å². The Morgan fingerprint density at radius 1 is 0.853 bits per heavy atom. The Morgan fingerprint density at radius 2 is 1.59 bits per heavy atom. The fourth-order valence-electron chi connectivity index (χ4n) is 12.2. The molecule has 11 nitrogen and oxygen atoms in total. The van der Waals surface area contributed by atoms with Gasteiger partial charge in [0.1, 0.15) is 30.0 Å². The zero-order valence-electron chi connectivity index (χ0n) is 44.5. The van der Waals surface area contributed by atoms with Gasteiger partial charge in [-0.2, -0.15) is 0 Å². The van der Waals surface area contributed by atoms with Gasteiger partial charge in [-0.3, -0.25) is 4.90 Å². The third kappa shape index (κ3) is 14.2. The van der Waals surface area contributed by atoms with Crippen LogP contribution in [-0.4, -0.2) is 78.1 Å². The van der Waals surface area contributed by atoms with E-state index in [9.17, 15) is 14.6 Å². The number of amides is 1. The number of aliphatic hydroxyl groups excluding tert-OH is 2. The number of carbonyl (C=O) groups excluding carboxylic acids is 1. The normalized spacial score (nSPS) is 23.4. The second-order valence-electron chi connectivity index (χ2n) is 21.1. The Morgan fingerprint density at radius 3 is 2.35 bits per heavy atom.